The molecular weight excluding hydrogens is 424 g/mol. The fourth-order valence-electron chi connectivity index (χ4n) is 4.11. The number of phenols is 1. The summed E-state index contributed by atoms with van der Waals surface area (Å²) in [4.78, 5) is 23.0. The van der Waals surface area contributed by atoms with Crippen LogP contribution in [0.5, 0.6) is 28.7 Å². The summed E-state index contributed by atoms with van der Waals surface area (Å²) in [5.41, 5.74) is 0.976. The Hall–Kier alpha value is -3.22. The van der Waals surface area contributed by atoms with Crippen LogP contribution < -0.4 is 18.9 Å². The number of methoxy groups -OCH3 is 1. The Morgan fingerprint density at radius 1 is 1.03 bits per heavy atom. The van der Waals surface area contributed by atoms with E-state index in [1.807, 2.05) is 0 Å². The second-order valence-corrected chi connectivity index (χ2v) is 8.29. The molecule has 33 heavy (non-hydrogen) atoms. The maximum Gasteiger partial charge on any atom is 0.298 e. The van der Waals surface area contributed by atoms with Crippen LogP contribution in [0.15, 0.2) is 30.3 Å². The van der Waals surface area contributed by atoms with Crippen molar-refractivity contribution in [3.05, 3.63) is 41.5 Å². The summed E-state index contributed by atoms with van der Waals surface area (Å²) in [5.74, 6) is 2.48. The lowest BCUT2D eigenvalue weighted by molar-refractivity contribution is -0.120. The third-order valence-electron chi connectivity index (χ3n) is 6.00. The first-order valence-electron chi connectivity index (χ1n) is 11.4. The van der Waals surface area contributed by atoms with Crippen LogP contribution in [0.2, 0.25) is 0 Å². The fraction of sp³-hybridized carbons (Fsp3) is 0.462. The molecule has 1 N–H and O–H groups in total. The van der Waals surface area contributed by atoms with E-state index in [1.165, 1.54) is 20.0 Å². The van der Waals surface area contributed by atoms with Gasteiger partial charge in [0.1, 0.15) is 17.2 Å². The van der Waals surface area contributed by atoms with Crippen molar-refractivity contribution >= 4 is 12.3 Å². The van der Waals surface area contributed by atoms with Crippen LogP contribution >= 0.6 is 0 Å². The lowest BCUT2D eigenvalue weighted by atomic mass is 9.95. The summed E-state index contributed by atoms with van der Waals surface area (Å²) in [7, 11) is 1.52. The summed E-state index contributed by atoms with van der Waals surface area (Å²) in [6.07, 6.45) is 6.58. The van der Waals surface area contributed by atoms with Gasteiger partial charge in [-0.15, -0.1) is 0 Å². The van der Waals surface area contributed by atoms with E-state index < -0.39 is 0 Å². The summed E-state index contributed by atoms with van der Waals surface area (Å²) < 4.78 is 21.6. The number of aromatic hydroxyl groups is 1. The number of ether oxygens (including phenoxy) is 4. The number of Topliss-reactive ketones (excluding diaryl/α,β-unsaturated/α-hetero) is 1. The van der Waals surface area contributed by atoms with Crippen molar-refractivity contribution in [3.63, 3.8) is 0 Å². The maximum atomic E-state index is 12.6. The Morgan fingerprint density at radius 3 is 2.36 bits per heavy atom. The van der Waals surface area contributed by atoms with Gasteiger partial charge < -0.3 is 24.1 Å². The van der Waals surface area contributed by atoms with Gasteiger partial charge in [0, 0.05) is 18.1 Å². The first-order valence-corrected chi connectivity index (χ1v) is 11.4. The first kappa shape index (κ1) is 24.4. The van der Waals surface area contributed by atoms with Crippen LogP contribution in [0.3, 0.4) is 0 Å². The molecule has 0 heterocycles. The summed E-state index contributed by atoms with van der Waals surface area (Å²) in [6, 6.07) is 8.34. The number of carbonyl (C=O) groups excluding carboxylic acids is 2. The predicted octanol–water partition coefficient (Wildman–Crippen LogP) is 5.25. The van der Waals surface area contributed by atoms with E-state index in [2.05, 4.69) is 0 Å². The molecule has 0 aromatic heterocycles. The van der Waals surface area contributed by atoms with Gasteiger partial charge in [0.05, 0.1) is 25.9 Å². The highest BCUT2D eigenvalue weighted by Gasteiger charge is 2.22. The molecule has 7 nitrogen and oxygen atoms in total. The number of carbonyl (C=O) groups is 2. The minimum atomic E-state index is 0.00683. The van der Waals surface area contributed by atoms with Gasteiger partial charge in [-0.3, -0.25) is 9.59 Å². The molecule has 1 aliphatic rings. The van der Waals surface area contributed by atoms with Crippen molar-refractivity contribution in [1.82, 2.24) is 0 Å². The molecule has 0 atom stereocenters. The molecule has 7 heteroatoms. The highest BCUT2D eigenvalue weighted by molar-refractivity contribution is 5.99. The van der Waals surface area contributed by atoms with Crippen molar-refractivity contribution in [2.45, 2.75) is 51.9 Å². The second-order valence-electron chi connectivity index (χ2n) is 8.29. The highest BCUT2D eigenvalue weighted by atomic mass is 16.5. The van der Waals surface area contributed by atoms with Gasteiger partial charge in [-0.25, -0.2) is 0 Å². The summed E-state index contributed by atoms with van der Waals surface area (Å²) in [5, 5.41) is 10.5. The second kappa shape index (κ2) is 12.1. The molecule has 3 rings (SSSR count). The molecule has 0 bridgehead atoms. The quantitative estimate of drug-likeness (QED) is 0.250. The molecule has 0 unspecified atom stereocenters. The van der Waals surface area contributed by atoms with Gasteiger partial charge in [0.2, 0.25) is 0 Å². The molecule has 1 saturated carbocycles. The largest absolute Gasteiger partial charge is 0.507 e. The molecular formula is C26H32O7. The highest BCUT2D eigenvalue weighted by Crippen LogP contribution is 2.34. The van der Waals surface area contributed by atoms with Gasteiger partial charge in [-0.2, -0.15) is 0 Å². The average molecular weight is 457 g/mol. The minimum absolute atomic E-state index is 0.00683. The number of ketones is 1. The van der Waals surface area contributed by atoms with Crippen LogP contribution in [-0.2, 0) is 4.79 Å². The Labute approximate surface area is 194 Å². The number of benzene rings is 2. The third-order valence-corrected chi connectivity index (χ3v) is 6.00. The monoisotopic (exact) mass is 456 g/mol. The Bertz CT molecular complexity index is 948. The molecule has 2 aromatic carbocycles. The van der Waals surface area contributed by atoms with Crippen LogP contribution in [0, 0.1) is 12.8 Å². The molecule has 0 amide bonds. The van der Waals surface area contributed by atoms with Crippen molar-refractivity contribution in [3.8, 4) is 28.7 Å². The smallest absolute Gasteiger partial charge is 0.298 e. The molecule has 2 aromatic rings. The van der Waals surface area contributed by atoms with Crippen LogP contribution in [0.25, 0.3) is 0 Å². The molecule has 1 aliphatic carbocycles. The number of unbranched alkanes of at least 4 members (excludes halogenated alkanes) is 1. The Kier molecular flexibility index (Phi) is 8.98. The number of hydrogen-bond acceptors (Lipinski definition) is 7. The van der Waals surface area contributed by atoms with Gasteiger partial charge >= 0.3 is 0 Å². The van der Waals surface area contributed by atoms with E-state index in [0.717, 1.165) is 25.7 Å². The zero-order valence-electron chi connectivity index (χ0n) is 19.3. The minimum Gasteiger partial charge on any atom is -0.507 e. The lowest BCUT2D eigenvalue weighted by Crippen LogP contribution is -2.08. The molecule has 178 valence electrons. The Morgan fingerprint density at radius 2 is 1.70 bits per heavy atom. The third kappa shape index (κ3) is 6.63. The lowest BCUT2D eigenvalue weighted by Gasteiger charge is -2.14. The van der Waals surface area contributed by atoms with E-state index in [1.54, 1.807) is 37.3 Å². The van der Waals surface area contributed by atoms with Gasteiger partial charge in [0.15, 0.2) is 17.3 Å². The van der Waals surface area contributed by atoms with Crippen molar-refractivity contribution in [1.29, 1.82) is 0 Å². The zero-order valence-corrected chi connectivity index (χ0v) is 19.3. The number of phenolic OH excluding ortho intramolecular Hbond substituents is 1. The standard InChI is InChI=1S/C26H32O7/c1-18-23(12-10-21(26(18)29)22(28)15-19-7-3-4-8-19)31-13-5-6-14-32-24-11-9-20(33-17-27)16-25(24)30-2/h9-12,16-17,19,29H,3-8,13-15H2,1-2H3. The molecule has 0 radical (unpaired) electrons. The van der Waals surface area contributed by atoms with Crippen LogP contribution in [-0.4, -0.2) is 37.7 Å². The summed E-state index contributed by atoms with van der Waals surface area (Å²) in [6.45, 7) is 3.05. The molecule has 1 fully saturated rings. The molecule has 0 saturated heterocycles. The molecule has 0 spiro atoms. The predicted molar refractivity (Wildman–Crippen MR) is 124 cm³/mol. The SMILES string of the molecule is COc1cc(OC=O)ccc1OCCCCOc1ccc(C(=O)CC2CCCC2)c(O)c1C. The van der Waals surface area contributed by atoms with Crippen molar-refractivity contribution < 1.29 is 33.6 Å². The average Bonchev–Trinajstić information content (AvgIpc) is 3.32. The van der Waals surface area contributed by atoms with Crippen LogP contribution in [0.1, 0.15) is 60.9 Å². The van der Waals surface area contributed by atoms with Gasteiger partial charge in [0.25, 0.3) is 6.47 Å². The topological polar surface area (TPSA) is 91.3 Å². The van der Waals surface area contributed by atoms with E-state index >= 15 is 0 Å². The van der Waals surface area contributed by atoms with Gasteiger partial charge in [-0.1, -0.05) is 25.7 Å². The van der Waals surface area contributed by atoms with E-state index in [-0.39, 0.29) is 11.5 Å². The zero-order chi connectivity index (χ0) is 23.6. The van der Waals surface area contributed by atoms with E-state index in [9.17, 15) is 14.7 Å². The number of rotatable bonds is 13. The van der Waals surface area contributed by atoms with Crippen LogP contribution in [0.4, 0.5) is 0 Å². The normalized spacial score (nSPS) is 13.5. The number of hydrogen-bond donors (Lipinski definition) is 1. The Balaban J connectivity index is 1.44. The van der Waals surface area contributed by atoms with E-state index in [0.29, 0.717) is 66.1 Å². The first-order chi connectivity index (χ1) is 16.0. The van der Waals surface area contributed by atoms with Crippen molar-refractivity contribution in [2.75, 3.05) is 20.3 Å². The van der Waals surface area contributed by atoms with E-state index in [4.69, 9.17) is 18.9 Å². The van der Waals surface area contributed by atoms with Gasteiger partial charge in [-0.05, 0) is 49.9 Å². The maximum absolute atomic E-state index is 12.6. The summed E-state index contributed by atoms with van der Waals surface area (Å²) >= 11 is 0. The fourth-order valence-corrected chi connectivity index (χ4v) is 4.11. The van der Waals surface area contributed by atoms with Crippen molar-refractivity contribution in [2.24, 2.45) is 5.92 Å². The molecule has 0 aliphatic heterocycles.